The fourth-order valence-electron chi connectivity index (χ4n) is 6.31. The van der Waals surface area contributed by atoms with E-state index in [1.807, 2.05) is 22.7 Å². The molecule has 2 heterocycles. The maximum Gasteiger partial charge on any atom is 0.138 e. The quantitative estimate of drug-likeness (QED) is 0.154. The van der Waals surface area contributed by atoms with E-state index in [1.165, 1.54) is 98.4 Å². The van der Waals surface area contributed by atoms with Crippen molar-refractivity contribution in [3.8, 4) is 44.9 Å². The molecular formula is C36H38S3Si. The first-order valence-corrected chi connectivity index (χ1v) is 21.2. The molecule has 0 aliphatic heterocycles. The summed E-state index contributed by atoms with van der Waals surface area (Å²) < 4.78 is 5.61. The highest BCUT2D eigenvalue weighted by Gasteiger charge is 2.31. The van der Waals surface area contributed by atoms with Gasteiger partial charge in [-0.25, -0.2) is 0 Å². The molecule has 0 amide bonds. The first-order valence-electron chi connectivity index (χ1n) is 14.8. The molecule has 2 aliphatic carbocycles. The summed E-state index contributed by atoms with van der Waals surface area (Å²) >= 11 is 3.94. The zero-order chi connectivity index (χ0) is 28.1. The van der Waals surface area contributed by atoms with Crippen molar-refractivity contribution in [2.24, 2.45) is 0 Å². The second kappa shape index (κ2) is 10.7. The van der Waals surface area contributed by atoms with Crippen LogP contribution in [0.5, 0.6) is 0 Å². The summed E-state index contributed by atoms with van der Waals surface area (Å²) in [5.74, 6) is 11.1. The van der Waals surface area contributed by atoms with Gasteiger partial charge in [0, 0.05) is 16.7 Å². The van der Waals surface area contributed by atoms with Crippen molar-refractivity contribution < 1.29 is 0 Å². The zero-order valence-electron chi connectivity index (χ0n) is 24.6. The Bertz CT molecular complexity index is 1730. The molecule has 0 fully saturated rings. The third kappa shape index (κ3) is 4.11. The van der Waals surface area contributed by atoms with Crippen LogP contribution in [-0.4, -0.2) is 25.3 Å². The summed E-state index contributed by atoms with van der Waals surface area (Å²) in [7, 11) is -2.44. The minimum atomic E-state index is -1.55. The fourth-order valence-corrected chi connectivity index (χ4v) is 13.7. The normalized spacial score (nSPS) is 13.8. The van der Waals surface area contributed by atoms with E-state index < -0.39 is 18.1 Å². The Morgan fingerprint density at radius 3 is 1.45 bits per heavy atom. The summed E-state index contributed by atoms with van der Waals surface area (Å²) in [6.07, 6.45) is 0. The van der Waals surface area contributed by atoms with Gasteiger partial charge in [0.05, 0.1) is 24.0 Å². The van der Waals surface area contributed by atoms with E-state index in [0.717, 1.165) is 0 Å². The van der Waals surface area contributed by atoms with Gasteiger partial charge < -0.3 is 0 Å². The monoisotopic (exact) mass is 594 g/mol. The molecule has 0 saturated carbocycles. The first-order chi connectivity index (χ1) is 19.5. The predicted molar refractivity (Wildman–Crippen MR) is 187 cm³/mol. The van der Waals surface area contributed by atoms with Crippen molar-refractivity contribution in [1.29, 1.82) is 0 Å². The molecule has 0 N–H and O–H groups in total. The number of hydrogen-bond donors (Lipinski definition) is 0. The van der Waals surface area contributed by atoms with Crippen molar-refractivity contribution in [2.45, 2.75) is 59.7 Å². The largest absolute Gasteiger partial charge is 0.178 e. The summed E-state index contributed by atoms with van der Waals surface area (Å²) in [5.41, 5.74) is 14.6. The molecular weight excluding hydrogens is 557 g/mol. The molecule has 0 spiro atoms. The lowest BCUT2D eigenvalue weighted by Crippen LogP contribution is -2.29. The molecule has 4 heteroatoms. The van der Waals surface area contributed by atoms with Crippen LogP contribution in [-0.2, 0) is 0 Å². The van der Waals surface area contributed by atoms with E-state index in [-0.39, 0.29) is 0 Å². The van der Waals surface area contributed by atoms with E-state index in [4.69, 9.17) is 0 Å². The van der Waals surface area contributed by atoms with E-state index in [0.29, 0.717) is 0 Å². The molecule has 4 aromatic rings. The van der Waals surface area contributed by atoms with Crippen molar-refractivity contribution in [1.82, 2.24) is 0 Å². The van der Waals surface area contributed by atoms with Gasteiger partial charge in [-0.05, 0) is 62.9 Å². The number of fused-ring (bicyclic) bond motifs is 9. The summed E-state index contributed by atoms with van der Waals surface area (Å²) in [6, 6.07) is 21.6. The topological polar surface area (TPSA) is 0 Å². The average molecular weight is 595 g/mol. The van der Waals surface area contributed by atoms with Crippen LogP contribution in [0.1, 0.15) is 52.7 Å². The van der Waals surface area contributed by atoms with Gasteiger partial charge in [0.15, 0.2) is 0 Å². The van der Waals surface area contributed by atoms with Gasteiger partial charge in [0.1, 0.15) is 8.07 Å². The Kier molecular flexibility index (Phi) is 7.43. The minimum absolute atomic E-state index is 0.892. The van der Waals surface area contributed by atoms with Crippen molar-refractivity contribution in [3.63, 3.8) is 0 Å². The van der Waals surface area contributed by atoms with E-state index in [1.54, 1.807) is 0 Å². The lowest BCUT2D eigenvalue weighted by molar-refractivity contribution is 1.20. The minimum Gasteiger partial charge on any atom is -0.178 e. The van der Waals surface area contributed by atoms with Crippen LogP contribution in [0.4, 0.5) is 0 Å². The molecule has 0 radical (unpaired) electrons. The first kappa shape index (κ1) is 27.7. The summed E-state index contributed by atoms with van der Waals surface area (Å²) in [4.78, 5) is 0. The van der Waals surface area contributed by atoms with Gasteiger partial charge in [-0.15, -0.1) is 28.2 Å². The highest BCUT2D eigenvalue weighted by atomic mass is 32.3. The second-order valence-corrected chi connectivity index (χ2v) is 21.8. The summed E-state index contributed by atoms with van der Waals surface area (Å²) in [6.45, 7) is 14.0. The molecule has 6 rings (SSSR count). The highest BCUT2D eigenvalue weighted by molar-refractivity contribution is 8.37. The third-order valence-electron chi connectivity index (χ3n) is 9.44. The number of benzene rings is 2. The number of rotatable bonds is 6. The van der Waals surface area contributed by atoms with Crippen molar-refractivity contribution in [2.75, 3.05) is 17.3 Å². The molecule has 0 bridgehead atoms. The zero-order valence-corrected chi connectivity index (χ0v) is 28.0. The lowest BCUT2D eigenvalue weighted by Gasteiger charge is -2.30. The smallest absolute Gasteiger partial charge is 0.138 e. The maximum atomic E-state index is 3.91. The van der Waals surface area contributed by atoms with Gasteiger partial charge >= 0.3 is 0 Å². The van der Waals surface area contributed by atoms with Gasteiger partial charge in [-0.1, -0.05) is 102 Å². The molecule has 40 heavy (non-hydrogen) atoms. The molecule has 0 unspecified atom stereocenters. The maximum absolute atomic E-state index is 3.91. The van der Waals surface area contributed by atoms with Crippen LogP contribution < -0.4 is 9.06 Å². The Hall–Kier alpha value is -2.47. The van der Waals surface area contributed by atoms with Crippen LogP contribution in [0.2, 0.25) is 18.1 Å². The SMILES string of the molecule is CC[Si](C#CC1=c2sc3c4c(sc3c2-c2ccccc21)=C(C#CS(CC)(CC)CC)c1ccccc1-4)(CC)CC. The molecule has 2 aromatic carbocycles. The van der Waals surface area contributed by atoms with Gasteiger partial charge in [-0.3, -0.25) is 0 Å². The standard InChI is InChI=1S/C36H38S3Si/c1-7-39(8-2,9-3)23-21-29-25-17-13-15-19-27(25)31-33(29)37-36-32-28-20-16-14-18-26(28)30(34(32)38-35(31)36)22-24-40(10-4,11-5)12-6/h13-20H,7-12H2,1-6H3. The van der Waals surface area contributed by atoms with Gasteiger partial charge in [0.2, 0.25) is 0 Å². The Morgan fingerprint density at radius 2 is 1.02 bits per heavy atom. The van der Waals surface area contributed by atoms with Crippen LogP contribution in [0.3, 0.4) is 0 Å². The average Bonchev–Trinajstić information content (AvgIpc) is 3.71. The van der Waals surface area contributed by atoms with Gasteiger partial charge in [-0.2, -0.15) is 10.0 Å². The van der Waals surface area contributed by atoms with Crippen LogP contribution in [0.15, 0.2) is 48.5 Å². The van der Waals surface area contributed by atoms with Crippen LogP contribution in [0, 0.1) is 22.6 Å². The van der Waals surface area contributed by atoms with Crippen molar-refractivity contribution >= 4 is 61.3 Å². The molecule has 2 aliphatic rings. The highest BCUT2D eigenvalue weighted by Crippen LogP contribution is 2.48. The Morgan fingerprint density at radius 1 is 0.600 bits per heavy atom. The second-order valence-electron chi connectivity index (χ2n) is 10.8. The molecule has 0 saturated heterocycles. The van der Waals surface area contributed by atoms with Crippen LogP contribution in [0.25, 0.3) is 42.8 Å². The van der Waals surface area contributed by atoms with E-state index in [2.05, 4.69) is 113 Å². The van der Waals surface area contributed by atoms with Crippen LogP contribution >= 0.6 is 32.7 Å². The fraction of sp³-hybridized carbons (Fsp3) is 0.333. The van der Waals surface area contributed by atoms with E-state index >= 15 is 0 Å². The van der Waals surface area contributed by atoms with Gasteiger partial charge in [0.25, 0.3) is 0 Å². The molecule has 0 nitrogen and oxygen atoms in total. The Labute approximate surface area is 250 Å². The molecule has 0 atom stereocenters. The number of thiophene rings is 2. The van der Waals surface area contributed by atoms with Crippen molar-refractivity contribution in [3.05, 3.63) is 68.7 Å². The predicted octanol–water partition coefficient (Wildman–Crippen LogP) is 9.20. The molecule has 204 valence electrons. The third-order valence-corrected chi connectivity index (χ3v) is 20.6. The summed E-state index contributed by atoms with van der Waals surface area (Å²) in [5, 5.41) is 3.85. The lowest BCUT2D eigenvalue weighted by atomic mass is 10.0. The number of hydrogen-bond acceptors (Lipinski definition) is 2. The van der Waals surface area contributed by atoms with E-state index in [9.17, 15) is 0 Å². The Balaban J connectivity index is 1.65. The molecule has 2 aromatic heterocycles.